The predicted octanol–water partition coefficient (Wildman–Crippen LogP) is 2.01. The highest BCUT2D eigenvalue weighted by Crippen LogP contribution is 2.20. The van der Waals surface area contributed by atoms with Crippen LogP contribution in [-0.2, 0) is 10.0 Å². The van der Waals surface area contributed by atoms with Gasteiger partial charge in [-0.15, -0.1) is 5.10 Å². The zero-order chi connectivity index (χ0) is 14.6. The first-order valence-corrected chi connectivity index (χ1v) is 8.42. The number of nitrogens with one attached hydrogen (secondary N) is 2. The molecule has 0 fully saturated rings. The maximum Gasteiger partial charge on any atom is 0.262 e. The molecule has 2 N–H and O–H groups in total. The second kappa shape index (κ2) is 6.29. The van der Waals surface area contributed by atoms with Crippen molar-refractivity contribution in [2.24, 2.45) is 0 Å². The Balaban J connectivity index is 2.16. The first-order chi connectivity index (χ1) is 9.53. The molecule has 0 aliphatic rings. The Hall–Kier alpha value is -1.51. The van der Waals surface area contributed by atoms with Crippen LogP contribution in [0, 0.1) is 0 Å². The van der Waals surface area contributed by atoms with Gasteiger partial charge in [-0.1, -0.05) is 23.5 Å². The molecular formula is C12H16N4O2S2. The Labute approximate surface area is 122 Å². The van der Waals surface area contributed by atoms with Crippen molar-refractivity contribution in [3.8, 4) is 0 Å². The summed E-state index contributed by atoms with van der Waals surface area (Å²) >= 11 is 0.998. The molecule has 1 aromatic carbocycles. The van der Waals surface area contributed by atoms with Crippen molar-refractivity contribution < 1.29 is 8.42 Å². The van der Waals surface area contributed by atoms with E-state index in [1.165, 1.54) is 6.20 Å². The summed E-state index contributed by atoms with van der Waals surface area (Å²) in [6, 6.07) is 7.01. The number of aromatic nitrogens is 2. The molecule has 0 saturated heterocycles. The SMILES string of the molecule is CCNC(C)c1ccc(S(=O)(=O)Nc2cnns2)cc1. The van der Waals surface area contributed by atoms with Crippen molar-refractivity contribution in [1.82, 2.24) is 14.9 Å². The quantitative estimate of drug-likeness (QED) is 0.852. The lowest BCUT2D eigenvalue weighted by Gasteiger charge is -2.13. The van der Waals surface area contributed by atoms with E-state index in [9.17, 15) is 8.42 Å². The van der Waals surface area contributed by atoms with Gasteiger partial charge < -0.3 is 5.32 Å². The highest BCUT2D eigenvalue weighted by molar-refractivity contribution is 7.93. The summed E-state index contributed by atoms with van der Waals surface area (Å²) in [6.45, 7) is 4.93. The molecule has 0 bridgehead atoms. The lowest BCUT2D eigenvalue weighted by atomic mass is 10.1. The molecule has 0 amide bonds. The molecule has 0 aliphatic carbocycles. The van der Waals surface area contributed by atoms with Crippen molar-refractivity contribution in [3.05, 3.63) is 36.0 Å². The fraction of sp³-hybridized carbons (Fsp3) is 0.333. The van der Waals surface area contributed by atoms with Crippen molar-refractivity contribution in [1.29, 1.82) is 0 Å². The van der Waals surface area contributed by atoms with Crippen molar-refractivity contribution in [2.45, 2.75) is 24.8 Å². The van der Waals surface area contributed by atoms with Gasteiger partial charge in [0.1, 0.15) is 5.00 Å². The van der Waals surface area contributed by atoms with Gasteiger partial charge in [0.25, 0.3) is 10.0 Å². The molecule has 108 valence electrons. The molecule has 1 unspecified atom stereocenters. The van der Waals surface area contributed by atoms with E-state index in [0.717, 1.165) is 23.6 Å². The van der Waals surface area contributed by atoms with Gasteiger partial charge in [0.2, 0.25) is 0 Å². The predicted molar refractivity (Wildman–Crippen MR) is 79.3 cm³/mol. The van der Waals surface area contributed by atoms with Crippen LogP contribution >= 0.6 is 11.5 Å². The van der Waals surface area contributed by atoms with E-state index in [4.69, 9.17) is 0 Å². The first kappa shape index (κ1) is 14.9. The van der Waals surface area contributed by atoms with Crippen LogP contribution in [-0.4, -0.2) is 24.5 Å². The fourth-order valence-electron chi connectivity index (χ4n) is 1.76. The van der Waals surface area contributed by atoms with Crippen LogP contribution in [0.2, 0.25) is 0 Å². The Morgan fingerprint density at radius 1 is 1.30 bits per heavy atom. The van der Waals surface area contributed by atoms with E-state index < -0.39 is 10.0 Å². The highest BCUT2D eigenvalue weighted by atomic mass is 32.2. The van der Waals surface area contributed by atoms with Crippen LogP contribution in [0.3, 0.4) is 0 Å². The van der Waals surface area contributed by atoms with E-state index in [2.05, 4.69) is 19.6 Å². The summed E-state index contributed by atoms with van der Waals surface area (Å²) in [4.78, 5) is 0.221. The molecule has 8 heteroatoms. The summed E-state index contributed by atoms with van der Waals surface area (Å²) < 4.78 is 30.3. The third-order valence-electron chi connectivity index (χ3n) is 2.80. The minimum atomic E-state index is -3.58. The summed E-state index contributed by atoms with van der Waals surface area (Å²) in [6.07, 6.45) is 1.38. The van der Waals surface area contributed by atoms with Crippen molar-refractivity contribution in [2.75, 3.05) is 11.3 Å². The Morgan fingerprint density at radius 2 is 2.00 bits per heavy atom. The Bertz CT molecular complexity index is 639. The summed E-state index contributed by atoms with van der Waals surface area (Å²) in [5.74, 6) is 0. The maximum atomic E-state index is 12.1. The van der Waals surface area contributed by atoms with Gasteiger partial charge in [0.05, 0.1) is 11.1 Å². The van der Waals surface area contributed by atoms with E-state index in [0.29, 0.717) is 5.00 Å². The molecule has 2 rings (SSSR count). The minimum Gasteiger partial charge on any atom is -0.310 e. The maximum absolute atomic E-state index is 12.1. The molecule has 1 heterocycles. The Morgan fingerprint density at radius 3 is 2.55 bits per heavy atom. The van der Waals surface area contributed by atoms with Gasteiger partial charge in [-0.2, -0.15) is 0 Å². The van der Waals surface area contributed by atoms with Gasteiger partial charge >= 0.3 is 0 Å². The average Bonchev–Trinajstić information content (AvgIpc) is 2.91. The van der Waals surface area contributed by atoms with Crippen LogP contribution in [0.15, 0.2) is 35.4 Å². The minimum absolute atomic E-state index is 0.190. The normalized spacial score (nSPS) is 13.1. The van der Waals surface area contributed by atoms with E-state index in [-0.39, 0.29) is 10.9 Å². The average molecular weight is 312 g/mol. The van der Waals surface area contributed by atoms with Gasteiger partial charge in [0, 0.05) is 17.6 Å². The van der Waals surface area contributed by atoms with E-state index >= 15 is 0 Å². The third kappa shape index (κ3) is 3.53. The van der Waals surface area contributed by atoms with E-state index in [1.54, 1.807) is 12.1 Å². The summed E-state index contributed by atoms with van der Waals surface area (Å²) in [5.41, 5.74) is 1.05. The lowest BCUT2D eigenvalue weighted by molar-refractivity contribution is 0.594. The fourth-order valence-corrected chi connectivity index (χ4v) is 3.45. The largest absolute Gasteiger partial charge is 0.310 e. The molecule has 0 spiro atoms. The molecule has 0 aliphatic heterocycles. The van der Waals surface area contributed by atoms with Gasteiger partial charge in [-0.3, -0.25) is 4.72 Å². The third-order valence-corrected chi connectivity index (χ3v) is 4.89. The number of hydrogen-bond acceptors (Lipinski definition) is 6. The molecule has 0 radical (unpaired) electrons. The van der Waals surface area contributed by atoms with Gasteiger partial charge in [-0.05, 0) is 31.2 Å². The molecule has 1 aromatic heterocycles. The highest BCUT2D eigenvalue weighted by Gasteiger charge is 2.15. The topological polar surface area (TPSA) is 84.0 Å². The van der Waals surface area contributed by atoms with Crippen LogP contribution in [0.5, 0.6) is 0 Å². The molecule has 6 nitrogen and oxygen atoms in total. The van der Waals surface area contributed by atoms with E-state index in [1.807, 2.05) is 26.0 Å². The summed E-state index contributed by atoms with van der Waals surface area (Å²) in [5, 5.41) is 7.27. The van der Waals surface area contributed by atoms with Crippen molar-refractivity contribution in [3.63, 3.8) is 0 Å². The van der Waals surface area contributed by atoms with Crippen LogP contribution in [0.1, 0.15) is 25.5 Å². The van der Waals surface area contributed by atoms with Gasteiger partial charge in [-0.25, -0.2) is 8.42 Å². The number of hydrogen-bond donors (Lipinski definition) is 2. The number of benzene rings is 1. The molecule has 2 aromatic rings. The smallest absolute Gasteiger partial charge is 0.262 e. The number of rotatable bonds is 6. The first-order valence-electron chi connectivity index (χ1n) is 6.16. The van der Waals surface area contributed by atoms with Crippen LogP contribution in [0.25, 0.3) is 0 Å². The van der Waals surface area contributed by atoms with Gasteiger partial charge in [0.15, 0.2) is 0 Å². The second-order valence-electron chi connectivity index (χ2n) is 4.24. The number of sulfonamides is 1. The van der Waals surface area contributed by atoms with Crippen LogP contribution in [0.4, 0.5) is 5.00 Å². The lowest BCUT2D eigenvalue weighted by Crippen LogP contribution is -2.18. The molecule has 0 saturated carbocycles. The molecule has 1 atom stereocenters. The van der Waals surface area contributed by atoms with Crippen LogP contribution < -0.4 is 10.0 Å². The number of anilines is 1. The Kier molecular flexibility index (Phi) is 4.69. The molecular weight excluding hydrogens is 296 g/mol. The zero-order valence-corrected chi connectivity index (χ0v) is 12.8. The van der Waals surface area contributed by atoms with Crippen molar-refractivity contribution >= 4 is 26.6 Å². The molecule has 20 heavy (non-hydrogen) atoms. The zero-order valence-electron chi connectivity index (χ0n) is 11.2. The standard InChI is InChI=1S/C12H16N4O2S2/c1-3-13-9(2)10-4-6-11(7-5-10)20(17,18)15-12-8-14-16-19-12/h4-9,13,15H,3H2,1-2H3. The summed E-state index contributed by atoms with van der Waals surface area (Å²) in [7, 11) is -3.58. The second-order valence-corrected chi connectivity index (χ2v) is 6.70. The number of nitrogens with zero attached hydrogens (tertiary/aromatic N) is 2. The monoisotopic (exact) mass is 312 g/mol.